The van der Waals surface area contributed by atoms with Crippen molar-refractivity contribution in [2.24, 2.45) is 5.92 Å². The summed E-state index contributed by atoms with van der Waals surface area (Å²) in [6.45, 7) is 2.20. The van der Waals surface area contributed by atoms with Gasteiger partial charge in [-0.1, -0.05) is 19.8 Å². The van der Waals surface area contributed by atoms with Crippen molar-refractivity contribution in [1.82, 2.24) is 5.32 Å². The number of rotatable bonds is 2. The highest BCUT2D eigenvalue weighted by Crippen LogP contribution is 2.31. The van der Waals surface area contributed by atoms with E-state index in [9.17, 15) is 9.90 Å². The highest BCUT2D eigenvalue weighted by atomic mass is 16.3. The highest BCUT2D eigenvalue weighted by Gasteiger charge is 2.40. The molecule has 0 radical (unpaired) electrons. The monoisotopic (exact) mass is 225 g/mol. The number of hydrogen-bond acceptors (Lipinski definition) is 2. The van der Waals surface area contributed by atoms with Crippen LogP contribution in [-0.4, -0.2) is 22.7 Å². The minimum absolute atomic E-state index is 0.122. The van der Waals surface area contributed by atoms with E-state index in [0.717, 1.165) is 19.3 Å². The molecule has 3 heteroatoms. The molecule has 2 aliphatic rings. The molecule has 3 nitrogen and oxygen atoms in total. The smallest absolute Gasteiger partial charge is 0.252 e. The average molecular weight is 225 g/mol. The van der Waals surface area contributed by atoms with Crippen molar-refractivity contribution in [1.29, 1.82) is 0 Å². The van der Waals surface area contributed by atoms with E-state index in [0.29, 0.717) is 18.8 Å². The number of carbonyl (C=O) groups excluding carboxylic acids is 1. The van der Waals surface area contributed by atoms with Crippen LogP contribution in [0.5, 0.6) is 0 Å². The van der Waals surface area contributed by atoms with E-state index >= 15 is 0 Å². The maximum Gasteiger partial charge on any atom is 0.252 e. The van der Waals surface area contributed by atoms with E-state index in [1.165, 1.54) is 19.3 Å². The zero-order valence-corrected chi connectivity index (χ0v) is 10.2. The van der Waals surface area contributed by atoms with Crippen molar-refractivity contribution in [2.45, 2.75) is 69.9 Å². The van der Waals surface area contributed by atoms with Crippen LogP contribution in [0, 0.1) is 5.92 Å². The number of amides is 1. The Morgan fingerprint density at radius 1 is 1.19 bits per heavy atom. The van der Waals surface area contributed by atoms with Crippen LogP contribution >= 0.6 is 0 Å². The number of aliphatic hydroxyl groups is 1. The number of carbonyl (C=O) groups is 1. The third-order valence-corrected chi connectivity index (χ3v) is 4.28. The van der Waals surface area contributed by atoms with Gasteiger partial charge in [-0.15, -0.1) is 0 Å². The molecule has 2 aliphatic carbocycles. The Labute approximate surface area is 97.6 Å². The Kier molecular flexibility index (Phi) is 3.53. The van der Waals surface area contributed by atoms with Gasteiger partial charge >= 0.3 is 0 Å². The van der Waals surface area contributed by atoms with Crippen molar-refractivity contribution in [3.8, 4) is 0 Å². The molecule has 0 heterocycles. The predicted molar refractivity (Wildman–Crippen MR) is 63.0 cm³/mol. The molecule has 0 spiro atoms. The second kappa shape index (κ2) is 4.74. The minimum atomic E-state index is -1.06. The summed E-state index contributed by atoms with van der Waals surface area (Å²) < 4.78 is 0. The standard InChI is InChI=1S/C13H23NO2/c1-10-6-2-3-7-11(10)14-12(15)13(16)8-4-5-9-13/h10-11,16H,2-9H2,1H3,(H,14,15). The lowest BCUT2D eigenvalue weighted by molar-refractivity contribution is -0.140. The van der Waals surface area contributed by atoms with E-state index in [2.05, 4.69) is 12.2 Å². The Balaban J connectivity index is 1.90. The topological polar surface area (TPSA) is 49.3 Å². The van der Waals surface area contributed by atoms with E-state index < -0.39 is 5.60 Å². The second-order valence-corrected chi connectivity index (χ2v) is 5.58. The summed E-state index contributed by atoms with van der Waals surface area (Å²) in [5, 5.41) is 13.2. The summed E-state index contributed by atoms with van der Waals surface area (Å²) in [4.78, 5) is 12.0. The molecule has 2 rings (SSSR count). The lowest BCUT2D eigenvalue weighted by atomic mass is 9.85. The van der Waals surface area contributed by atoms with Crippen molar-refractivity contribution in [3.05, 3.63) is 0 Å². The lowest BCUT2D eigenvalue weighted by Gasteiger charge is -2.32. The van der Waals surface area contributed by atoms with Crippen LogP contribution in [0.4, 0.5) is 0 Å². The molecule has 2 atom stereocenters. The molecular weight excluding hydrogens is 202 g/mol. The molecule has 0 saturated heterocycles. The summed E-state index contributed by atoms with van der Waals surface area (Å²) in [6.07, 6.45) is 7.98. The first-order chi connectivity index (χ1) is 7.62. The van der Waals surface area contributed by atoms with E-state index in [-0.39, 0.29) is 11.9 Å². The van der Waals surface area contributed by atoms with Gasteiger partial charge in [0.1, 0.15) is 5.60 Å². The van der Waals surface area contributed by atoms with Gasteiger partial charge in [-0.25, -0.2) is 0 Å². The summed E-state index contributed by atoms with van der Waals surface area (Å²) in [6, 6.07) is 0.283. The quantitative estimate of drug-likeness (QED) is 0.755. The fraction of sp³-hybridized carbons (Fsp3) is 0.923. The summed E-state index contributed by atoms with van der Waals surface area (Å²) >= 11 is 0. The van der Waals surface area contributed by atoms with Gasteiger partial charge in [-0.3, -0.25) is 4.79 Å². The van der Waals surface area contributed by atoms with Gasteiger partial charge in [-0.2, -0.15) is 0 Å². The Bertz CT molecular complexity index is 259. The number of hydrogen-bond donors (Lipinski definition) is 2. The van der Waals surface area contributed by atoms with Crippen LogP contribution in [0.25, 0.3) is 0 Å². The van der Waals surface area contributed by atoms with E-state index in [4.69, 9.17) is 0 Å². The van der Waals surface area contributed by atoms with Crippen molar-refractivity contribution in [3.63, 3.8) is 0 Å². The Morgan fingerprint density at radius 2 is 1.81 bits per heavy atom. The van der Waals surface area contributed by atoms with Gasteiger partial charge < -0.3 is 10.4 Å². The number of nitrogens with one attached hydrogen (secondary N) is 1. The first-order valence-electron chi connectivity index (χ1n) is 6.65. The summed E-state index contributed by atoms with van der Waals surface area (Å²) in [7, 11) is 0. The first kappa shape index (κ1) is 11.9. The van der Waals surface area contributed by atoms with Gasteiger partial charge in [-0.05, 0) is 44.4 Å². The Hall–Kier alpha value is -0.570. The van der Waals surface area contributed by atoms with Crippen LogP contribution in [0.2, 0.25) is 0 Å². The molecular formula is C13H23NO2. The van der Waals surface area contributed by atoms with Crippen molar-refractivity contribution < 1.29 is 9.90 Å². The molecule has 2 saturated carbocycles. The normalized spacial score (nSPS) is 33.6. The zero-order valence-electron chi connectivity index (χ0n) is 10.2. The molecule has 16 heavy (non-hydrogen) atoms. The van der Waals surface area contributed by atoms with Crippen molar-refractivity contribution >= 4 is 5.91 Å². The summed E-state index contributed by atoms with van der Waals surface area (Å²) in [5.41, 5.74) is -1.06. The van der Waals surface area contributed by atoms with Crippen LogP contribution in [0.15, 0.2) is 0 Å². The van der Waals surface area contributed by atoms with Crippen molar-refractivity contribution in [2.75, 3.05) is 0 Å². The summed E-state index contributed by atoms with van der Waals surface area (Å²) in [5.74, 6) is 0.437. The molecule has 0 aromatic carbocycles. The zero-order chi connectivity index (χ0) is 11.6. The van der Waals surface area contributed by atoms with Crippen LogP contribution in [0.3, 0.4) is 0 Å². The average Bonchev–Trinajstić information content (AvgIpc) is 2.70. The molecule has 0 aromatic rings. The molecule has 1 amide bonds. The van der Waals surface area contributed by atoms with Crippen LogP contribution < -0.4 is 5.32 Å². The molecule has 2 unspecified atom stereocenters. The molecule has 2 fully saturated rings. The maximum atomic E-state index is 12.0. The molecule has 0 aromatic heterocycles. The fourth-order valence-electron chi connectivity index (χ4n) is 3.02. The molecule has 0 bridgehead atoms. The maximum absolute atomic E-state index is 12.0. The van der Waals surface area contributed by atoms with E-state index in [1.54, 1.807) is 0 Å². The highest BCUT2D eigenvalue weighted by molar-refractivity contribution is 5.85. The Morgan fingerprint density at radius 3 is 2.44 bits per heavy atom. The van der Waals surface area contributed by atoms with Gasteiger partial charge in [0.2, 0.25) is 0 Å². The van der Waals surface area contributed by atoms with E-state index in [1.807, 2.05) is 0 Å². The first-order valence-corrected chi connectivity index (χ1v) is 6.65. The largest absolute Gasteiger partial charge is 0.380 e. The third-order valence-electron chi connectivity index (χ3n) is 4.28. The molecule has 0 aliphatic heterocycles. The minimum Gasteiger partial charge on any atom is -0.380 e. The van der Waals surface area contributed by atoms with Gasteiger partial charge in [0, 0.05) is 6.04 Å². The van der Waals surface area contributed by atoms with Crippen LogP contribution in [-0.2, 0) is 4.79 Å². The second-order valence-electron chi connectivity index (χ2n) is 5.58. The lowest BCUT2D eigenvalue weighted by Crippen LogP contribution is -2.51. The van der Waals surface area contributed by atoms with Gasteiger partial charge in [0.15, 0.2) is 0 Å². The third kappa shape index (κ3) is 2.40. The van der Waals surface area contributed by atoms with Crippen LogP contribution in [0.1, 0.15) is 58.3 Å². The SMILES string of the molecule is CC1CCCCC1NC(=O)C1(O)CCCC1. The molecule has 92 valence electrons. The molecule has 2 N–H and O–H groups in total. The predicted octanol–water partition coefficient (Wildman–Crippen LogP) is 1.99. The van der Waals surface area contributed by atoms with Gasteiger partial charge in [0.25, 0.3) is 5.91 Å². The van der Waals surface area contributed by atoms with Gasteiger partial charge in [0.05, 0.1) is 0 Å². The fourth-order valence-corrected chi connectivity index (χ4v) is 3.02.